The molecule has 0 bridgehead atoms. The molecular formula is C18H15N3O3S2. The van der Waals surface area contributed by atoms with E-state index in [0.717, 1.165) is 5.56 Å². The highest BCUT2D eigenvalue weighted by atomic mass is 32.2. The molecule has 2 heterocycles. The number of aromatic nitrogens is 1. The van der Waals surface area contributed by atoms with E-state index in [4.69, 9.17) is 0 Å². The van der Waals surface area contributed by atoms with Crippen LogP contribution in [0.5, 0.6) is 0 Å². The maximum Gasteiger partial charge on any atom is 0.264 e. The first kappa shape index (κ1) is 16.7. The zero-order chi connectivity index (χ0) is 18.1. The average Bonchev–Trinajstić information content (AvgIpc) is 3.31. The van der Waals surface area contributed by atoms with Crippen LogP contribution in [0.4, 0.5) is 10.8 Å². The van der Waals surface area contributed by atoms with Crippen molar-refractivity contribution in [3.63, 3.8) is 0 Å². The van der Waals surface area contributed by atoms with Gasteiger partial charge in [0.1, 0.15) is 0 Å². The molecule has 1 N–H and O–H groups in total. The molecule has 0 spiro atoms. The number of rotatable bonds is 4. The number of carbonyl (C=O) groups is 1. The molecule has 0 aliphatic carbocycles. The summed E-state index contributed by atoms with van der Waals surface area (Å²) in [6, 6.07) is 13.5. The summed E-state index contributed by atoms with van der Waals surface area (Å²) in [5.74, 6) is -0.390. The molecule has 132 valence electrons. The third kappa shape index (κ3) is 2.97. The molecule has 1 aliphatic heterocycles. The van der Waals surface area contributed by atoms with E-state index >= 15 is 0 Å². The van der Waals surface area contributed by atoms with E-state index < -0.39 is 10.0 Å². The van der Waals surface area contributed by atoms with E-state index in [1.54, 1.807) is 29.8 Å². The first-order chi connectivity index (χ1) is 12.6. The number of nitrogens with zero attached hydrogens (tertiary/aromatic N) is 2. The van der Waals surface area contributed by atoms with E-state index in [9.17, 15) is 13.2 Å². The monoisotopic (exact) mass is 385 g/mol. The van der Waals surface area contributed by atoms with Crippen molar-refractivity contribution >= 4 is 38.1 Å². The molecule has 1 aromatic heterocycles. The van der Waals surface area contributed by atoms with Crippen LogP contribution in [-0.4, -0.2) is 25.9 Å². The summed E-state index contributed by atoms with van der Waals surface area (Å²) in [5, 5.41) is 4.88. The number of sulfonamides is 1. The van der Waals surface area contributed by atoms with Crippen LogP contribution in [0.3, 0.4) is 0 Å². The quantitative estimate of drug-likeness (QED) is 0.748. The third-order valence-electron chi connectivity index (χ3n) is 4.18. The second-order valence-corrected chi connectivity index (χ2v) is 8.53. The Bertz CT molecular complexity index is 1060. The molecule has 0 atom stereocenters. The molecule has 0 radical (unpaired) electrons. The van der Waals surface area contributed by atoms with Gasteiger partial charge in [-0.3, -0.25) is 14.4 Å². The van der Waals surface area contributed by atoms with Crippen molar-refractivity contribution in [3.8, 4) is 0 Å². The fraction of sp³-hybridized carbons (Fsp3) is 0.111. The number of hydrogen-bond donors (Lipinski definition) is 1. The lowest BCUT2D eigenvalue weighted by Crippen LogP contribution is -2.29. The van der Waals surface area contributed by atoms with Gasteiger partial charge in [-0.2, -0.15) is 0 Å². The Labute approximate surface area is 155 Å². The minimum atomic E-state index is -3.73. The standard InChI is InChI=1S/C18H15N3O3S2/c22-17(20-18-19-9-11-25-18)14-5-3-6-15(12-14)26(23,24)21-10-8-13-4-1-2-7-16(13)21/h1-7,9,11-12H,8,10H2,(H,19,20,22). The minimum absolute atomic E-state index is 0.0981. The van der Waals surface area contributed by atoms with Gasteiger partial charge < -0.3 is 0 Å². The van der Waals surface area contributed by atoms with Crippen molar-refractivity contribution in [1.82, 2.24) is 4.98 Å². The number of hydrogen-bond acceptors (Lipinski definition) is 5. The highest BCUT2D eigenvalue weighted by Gasteiger charge is 2.30. The van der Waals surface area contributed by atoms with Gasteiger partial charge in [-0.1, -0.05) is 24.3 Å². The first-order valence-corrected chi connectivity index (χ1v) is 10.3. The van der Waals surface area contributed by atoms with Crippen molar-refractivity contribution < 1.29 is 13.2 Å². The van der Waals surface area contributed by atoms with Crippen LogP contribution in [0.1, 0.15) is 15.9 Å². The van der Waals surface area contributed by atoms with Gasteiger partial charge in [0.2, 0.25) is 0 Å². The van der Waals surface area contributed by atoms with Crippen LogP contribution >= 0.6 is 11.3 Å². The lowest BCUT2D eigenvalue weighted by molar-refractivity contribution is 0.102. The van der Waals surface area contributed by atoms with Crippen LogP contribution < -0.4 is 9.62 Å². The van der Waals surface area contributed by atoms with E-state index in [0.29, 0.717) is 23.8 Å². The van der Waals surface area contributed by atoms with Crippen LogP contribution in [0.15, 0.2) is 65.0 Å². The van der Waals surface area contributed by atoms with Crippen LogP contribution in [0.25, 0.3) is 0 Å². The normalized spacial score (nSPS) is 13.5. The number of para-hydroxylation sites is 1. The number of benzene rings is 2. The summed E-state index contributed by atoms with van der Waals surface area (Å²) < 4.78 is 27.5. The van der Waals surface area contributed by atoms with Gasteiger partial charge >= 0.3 is 0 Å². The predicted octanol–water partition coefficient (Wildman–Crippen LogP) is 3.15. The molecule has 4 rings (SSSR count). The molecule has 0 unspecified atom stereocenters. The topological polar surface area (TPSA) is 79.4 Å². The predicted molar refractivity (Wildman–Crippen MR) is 101 cm³/mol. The Morgan fingerprint density at radius 2 is 2.00 bits per heavy atom. The van der Waals surface area contributed by atoms with Crippen molar-refractivity contribution in [3.05, 3.63) is 71.2 Å². The first-order valence-electron chi connectivity index (χ1n) is 7.97. The molecule has 2 aromatic carbocycles. The maximum absolute atomic E-state index is 13.1. The number of anilines is 2. The second-order valence-electron chi connectivity index (χ2n) is 5.78. The Kier molecular flexibility index (Phi) is 4.21. The fourth-order valence-corrected chi connectivity index (χ4v) is 5.01. The second kappa shape index (κ2) is 6.54. The van der Waals surface area contributed by atoms with E-state index in [2.05, 4.69) is 10.3 Å². The number of carbonyl (C=O) groups excluding carboxylic acids is 1. The van der Waals surface area contributed by atoms with E-state index in [-0.39, 0.29) is 16.4 Å². The summed E-state index contributed by atoms with van der Waals surface area (Å²) in [6.45, 7) is 0.400. The summed E-state index contributed by atoms with van der Waals surface area (Å²) in [6.07, 6.45) is 2.27. The van der Waals surface area contributed by atoms with Crippen molar-refractivity contribution in [1.29, 1.82) is 0 Å². The molecular weight excluding hydrogens is 370 g/mol. The zero-order valence-corrected chi connectivity index (χ0v) is 15.3. The fourth-order valence-electron chi connectivity index (χ4n) is 2.94. The van der Waals surface area contributed by atoms with E-state index in [1.807, 2.05) is 18.2 Å². The Morgan fingerprint density at radius 3 is 2.81 bits per heavy atom. The van der Waals surface area contributed by atoms with E-state index in [1.165, 1.54) is 27.8 Å². The Balaban J connectivity index is 1.65. The largest absolute Gasteiger partial charge is 0.298 e. The lowest BCUT2D eigenvalue weighted by Gasteiger charge is -2.19. The molecule has 1 aliphatic rings. The van der Waals surface area contributed by atoms with Crippen LogP contribution in [-0.2, 0) is 16.4 Å². The third-order valence-corrected chi connectivity index (χ3v) is 6.68. The summed E-state index contributed by atoms with van der Waals surface area (Å²) in [4.78, 5) is 16.5. The highest BCUT2D eigenvalue weighted by Crippen LogP contribution is 2.32. The molecule has 3 aromatic rings. The number of fused-ring (bicyclic) bond motifs is 1. The number of amides is 1. The number of thiazole rings is 1. The molecule has 26 heavy (non-hydrogen) atoms. The molecule has 8 heteroatoms. The van der Waals surface area contributed by atoms with Gasteiger partial charge in [-0.05, 0) is 36.2 Å². The minimum Gasteiger partial charge on any atom is -0.298 e. The van der Waals surface area contributed by atoms with Crippen LogP contribution in [0.2, 0.25) is 0 Å². The summed E-state index contributed by atoms with van der Waals surface area (Å²) in [5.41, 5.74) is 1.98. The van der Waals surface area contributed by atoms with Gasteiger partial charge in [-0.25, -0.2) is 13.4 Å². The van der Waals surface area contributed by atoms with Crippen molar-refractivity contribution in [2.45, 2.75) is 11.3 Å². The van der Waals surface area contributed by atoms with Gasteiger partial charge in [0.05, 0.1) is 10.6 Å². The molecule has 6 nitrogen and oxygen atoms in total. The smallest absolute Gasteiger partial charge is 0.264 e. The van der Waals surface area contributed by atoms with Gasteiger partial charge in [0.15, 0.2) is 5.13 Å². The summed E-state index contributed by atoms with van der Waals surface area (Å²) in [7, 11) is -3.73. The summed E-state index contributed by atoms with van der Waals surface area (Å²) >= 11 is 1.30. The Morgan fingerprint density at radius 1 is 1.15 bits per heavy atom. The molecule has 0 saturated carbocycles. The average molecular weight is 385 g/mol. The van der Waals surface area contributed by atoms with Crippen LogP contribution in [0, 0.1) is 0 Å². The van der Waals surface area contributed by atoms with Gasteiger partial charge in [0.25, 0.3) is 15.9 Å². The zero-order valence-electron chi connectivity index (χ0n) is 13.6. The Hall–Kier alpha value is -2.71. The molecule has 0 fully saturated rings. The maximum atomic E-state index is 13.1. The SMILES string of the molecule is O=C(Nc1nccs1)c1cccc(S(=O)(=O)N2CCc3ccccc32)c1. The van der Waals surface area contributed by atoms with Crippen molar-refractivity contribution in [2.24, 2.45) is 0 Å². The molecule has 1 amide bonds. The van der Waals surface area contributed by atoms with Crippen molar-refractivity contribution in [2.75, 3.05) is 16.2 Å². The number of nitrogens with one attached hydrogen (secondary N) is 1. The molecule has 0 saturated heterocycles. The highest BCUT2D eigenvalue weighted by molar-refractivity contribution is 7.92. The van der Waals surface area contributed by atoms with Gasteiger partial charge in [-0.15, -0.1) is 11.3 Å². The van der Waals surface area contributed by atoms with Gasteiger partial charge in [0, 0.05) is 23.7 Å². The lowest BCUT2D eigenvalue weighted by atomic mass is 10.2.